The van der Waals surface area contributed by atoms with Crippen molar-refractivity contribution in [3.05, 3.63) is 95.2 Å². The summed E-state index contributed by atoms with van der Waals surface area (Å²) in [6.07, 6.45) is 6.61. The maximum absolute atomic E-state index is 13.4. The smallest absolute Gasteiger partial charge is 0.255 e. The van der Waals surface area contributed by atoms with Crippen LogP contribution < -0.4 is 10.6 Å². The first kappa shape index (κ1) is 19.9. The standard InChI is InChI=1S/C23H18ClN7O/c1-14-19(22(32)28-16-5-4-10-26-13-16)20(17-6-2-3-7-18(17)24)31-23(27-14)29-21(30-31)15-8-11-25-12-9-15/h2-13,20H,1H3,(H,28,32)(H,27,29,30). The van der Waals surface area contributed by atoms with E-state index >= 15 is 0 Å². The first-order valence-corrected chi connectivity index (χ1v) is 10.3. The number of halogens is 1. The molecule has 5 rings (SSSR count). The van der Waals surface area contributed by atoms with Crippen LogP contribution in [0.3, 0.4) is 0 Å². The number of pyridine rings is 2. The van der Waals surface area contributed by atoms with Crippen molar-refractivity contribution in [3.8, 4) is 11.4 Å². The molecule has 0 fully saturated rings. The van der Waals surface area contributed by atoms with Crippen molar-refractivity contribution < 1.29 is 4.79 Å². The molecule has 8 nitrogen and oxygen atoms in total. The molecule has 4 heterocycles. The van der Waals surface area contributed by atoms with Crippen LogP contribution in [0.2, 0.25) is 5.02 Å². The Morgan fingerprint density at radius 2 is 1.88 bits per heavy atom. The van der Waals surface area contributed by atoms with E-state index in [9.17, 15) is 4.79 Å². The van der Waals surface area contributed by atoms with Crippen molar-refractivity contribution >= 4 is 29.1 Å². The molecule has 1 aliphatic rings. The zero-order chi connectivity index (χ0) is 22.1. The number of carbonyl (C=O) groups excluding carboxylic acids is 1. The fraction of sp³-hybridized carbons (Fsp3) is 0.0870. The fourth-order valence-electron chi connectivity index (χ4n) is 3.69. The van der Waals surface area contributed by atoms with Crippen LogP contribution in [0, 0.1) is 0 Å². The number of hydrogen-bond acceptors (Lipinski definition) is 6. The number of hydrogen-bond donors (Lipinski definition) is 2. The molecule has 4 aromatic rings. The molecule has 158 valence electrons. The van der Waals surface area contributed by atoms with Crippen molar-refractivity contribution in [2.75, 3.05) is 10.6 Å². The van der Waals surface area contributed by atoms with Gasteiger partial charge >= 0.3 is 0 Å². The molecule has 1 aromatic carbocycles. The molecule has 1 unspecified atom stereocenters. The third kappa shape index (κ3) is 3.61. The molecule has 0 saturated carbocycles. The van der Waals surface area contributed by atoms with Crippen LogP contribution in [0.1, 0.15) is 18.5 Å². The summed E-state index contributed by atoms with van der Waals surface area (Å²) in [6, 6.07) is 14.1. The van der Waals surface area contributed by atoms with Crippen molar-refractivity contribution in [2.24, 2.45) is 0 Å². The van der Waals surface area contributed by atoms with E-state index in [0.717, 1.165) is 11.1 Å². The number of nitrogens with one attached hydrogen (secondary N) is 2. The molecule has 3 aromatic heterocycles. The highest BCUT2D eigenvalue weighted by Crippen LogP contribution is 2.39. The largest absolute Gasteiger partial charge is 0.328 e. The van der Waals surface area contributed by atoms with Gasteiger partial charge < -0.3 is 10.6 Å². The van der Waals surface area contributed by atoms with Crippen LogP contribution in [0.5, 0.6) is 0 Å². The van der Waals surface area contributed by atoms with Gasteiger partial charge in [0.05, 0.1) is 17.5 Å². The molecule has 1 amide bonds. The van der Waals surface area contributed by atoms with Crippen molar-refractivity contribution in [2.45, 2.75) is 13.0 Å². The van der Waals surface area contributed by atoms with E-state index in [-0.39, 0.29) is 5.91 Å². The molecule has 0 aliphatic carbocycles. The van der Waals surface area contributed by atoms with Gasteiger partial charge in [-0.2, -0.15) is 4.98 Å². The van der Waals surface area contributed by atoms with Crippen LogP contribution in [-0.2, 0) is 4.79 Å². The molecular formula is C23H18ClN7O. The van der Waals surface area contributed by atoms with E-state index in [1.807, 2.05) is 37.3 Å². The van der Waals surface area contributed by atoms with Gasteiger partial charge in [0.15, 0.2) is 5.82 Å². The lowest BCUT2D eigenvalue weighted by molar-refractivity contribution is -0.113. The second kappa shape index (κ2) is 8.24. The molecule has 9 heteroatoms. The van der Waals surface area contributed by atoms with Gasteiger partial charge in [-0.3, -0.25) is 14.8 Å². The number of benzene rings is 1. The van der Waals surface area contributed by atoms with Crippen molar-refractivity contribution in [3.63, 3.8) is 0 Å². The summed E-state index contributed by atoms with van der Waals surface area (Å²) in [7, 11) is 0. The summed E-state index contributed by atoms with van der Waals surface area (Å²) in [5.41, 5.74) is 3.31. The van der Waals surface area contributed by atoms with Crippen LogP contribution >= 0.6 is 11.6 Å². The molecule has 0 spiro atoms. The van der Waals surface area contributed by atoms with E-state index in [1.54, 1.807) is 47.7 Å². The first-order chi connectivity index (χ1) is 15.6. The normalized spacial score (nSPS) is 15.1. The Morgan fingerprint density at radius 1 is 1.06 bits per heavy atom. The number of anilines is 2. The minimum absolute atomic E-state index is 0.278. The fourth-order valence-corrected chi connectivity index (χ4v) is 3.93. The highest BCUT2D eigenvalue weighted by atomic mass is 35.5. The quantitative estimate of drug-likeness (QED) is 0.487. The average molecular weight is 444 g/mol. The van der Waals surface area contributed by atoms with E-state index < -0.39 is 6.04 Å². The van der Waals surface area contributed by atoms with E-state index in [2.05, 4.69) is 25.6 Å². The lowest BCUT2D eigenvalue weighted by Crippen LogP contribution is -2.31. The number of amides is 1. The minimum atomic E-state index is -0.570. The van der Waals surface area contributed by atoms with E-state index in [0.29, 0.717) is 33.8 Å². The summed E-state index contributed by atoms with van der Waals surface area (Å²) in [6.45, 7) is 1.84. The molecule has 0 saturated heterocycles. The number of aromatic nitrogens is 5. The van der Waals surface area contributed by atoms with Gasteiger partial charge in [-0.05, 0) is 37.3 Å². The van der Waals surface area contributed by atoms with Gasteiger partial charge in [0.2, 0.25) is 5.95 Å². The van der Waals surface area contributed by atoms with Crippen LogP contribution in [0.15, 0.2) is 84.6 Å². The van der Waals surface area contributed by atoms with Gasteiger partial charge in [-0.25, -0.2) is 4.68 Å². The predicted octanol–water partition coefficient (Wildman–Crippen LogP) is 4.32. The average Bonchev–Trinajstić information content (AvgIpc) is 3.23. The molecular weight excluding hydrogens is 426 g/mol. The Labute approximate surface area is 189 Å². The van der Waals surface area contributed by atoms with Gasteiger partial charge in [0.25, 0.3) is 5.91 Å². The Morgan fingerprint density at radius 3 is 2.62 bits per heavy atom. The molecule has 1 atom stereocenters. The lowest BCUT2D eigenvalue weighted by atomic mass is 9.95. The lowest BCUT2D eigenvalue weighted by Gasteiger charge is -2.29. The van der Waals surface area contributed by atoms with Crippen molar-refractivity contribution in [1.82, 2.24) is 24.7 Å². The van der Waals surface area contributed by atoms with Gasteiger partial charge in [-0.15, -0.1) is 5.10 Å². The monoisotopic (exact) mass is 443 g/mol. The number of nitrogens with zero attached hydrogens (tertiary/aromatic N) is 5. The highest BCUT2D eigenvalue weighted by molar-refractivity contribution is 6.31. The van der Waals surface area contributed by atoms with Gasteiger partial charge in [0, 0.05) is 40.4 Å². The molecule has 0 radical (unpaired) electrons. The zero-order valence-electron chi connectivity index (χ0n) is 17.0. The predicted molar refractivity (Wildman–Crippen MR) is 122 cm³/mol. The second-order valence-electron chi connectivity index (χ2n) is 7.22. The van der Waals surface area contributed by atoms with E-state index in [4.69, 9.17) is 16.7 Å². The molecule has 32 heavy (non-hydrogen) atoms. The first-order valence-electron chi connectivity index (χ1n) is 9.92. The molecule has 1 aliphatic heterocycles. The van der Waals surface area contributed by atoms with Crippen molar-refractivity contribution in [1.29, 1.82) is 0 Å². The van der Waals surface area contributed by atoms with Crippen LogP contribution in [0.25, 0.3) is 11.4 Å². The van der Waals surface area contributed by atoms with Gasteiger partial charge in [-0.1, -0.05) is 29.8 Å². The zero-order valence-corrected chi connectivity index (χ0v) is 17.8. The maximum atomic E-state index is 13.4. The third-order valence-corrected chi connectivity index (χ3v) is 5.50. The summed E-state index contributed by atoms with van der Waals surface area (Å²) in [4.78, 5) is 26.2. The summed E-state index contributed by atoms with van der Waals surface area (Å²) >= 11 is 6.57. The summed E-state index contributed by atoms with van der Waals surface area (Å²) in [5.74, 6) is 0.769. The molecule has 2 N–H and O–H groups in total. The molecule has 0 bridgehead atoms. The minimum Gasteiger partial charge on any atom is -0.328 e. The number of allylic oxidation sites excluding steroid dienone is 1. The Kier molecular flexibility index (Phi) is 5.12. The summed E-state index contributed by atoms with van der Waals surface area (Å²) < 4.78 is 1.70. The SMILES string of the molecule is CC1=C(C(=O)Nc2cccnc2)C(c2ccccc2Cl)n2nc(-c3ccncc3)nc2N1. The number of carbonyl (C=O) groups is 1. The van der Waals surface area contributed by atoms with E-state index in [1.165, 1.54) is 0 Å². The Hall–Kier alpha value is -4.04. The third-order valence-electron chi connectivity index (χ3n) is 5.15. The summed E-state index contributed by atoms with van der Waals surface area (Å²) in [5, 5.41) is 11.4. The van der Waals surface area contributed by atoms with Crippen LogP contribution in [-0.4, -0.2) is 30.6 Å². The van der Waals surface area contributed by atoms with Crippen LogP contribution in [0.4, 0.5) is 11.6 Å². The van der Waals surface area contributed by atoms with Gasteiger partial charge in [0.1, 0.15) is 6.04 Å². The Bertz CT molecular complexity index is 1320. The number of rotatable bonds is 4. The highest BCUT2D eigenvalue weighted by Gasteiger charge is 2.35. The Balaban J connectivity index is 1.63. The maximum Gasteiger partial charge on any atom is 0.255 e. The topological polar surface area (TPSA) is 97.6 Å². The number of fused-ring (bicyclic) bond motifs is 1. The second-order valence-corrected chi connectivity index (χ2v) is 7.63.